The monoisotopic (exact) mass is 289 g/mol. The van der Waals surface area contributed by atoms with Crippen LogP contribution in [0.2, 0.25) is 10.2 Å². The molecule has 0 radical (unpaired) electrons. The zero-order valence-corrected chi connectivity index (χ0v) is 10.4. The summed E-state index contributed by atoms with van der Waals surface area (Å²) in [4.78, 5) is 4.23. The van der Waals surface area contributed by atoms with E-state index in [0.29, 0.717) is 10.2 Å². The fourth-order valence-corrected chi connectivity index (χ4v) is 2.20. The third-order valence-corrected chi connectivity index (χ3v) is 3.59. The molecule has 2 rings (SSSR count). The lowest BCUT2D eigenvalue weighted by Gasteiger charge is -2.05. The summed E-state index contributed by atoms with van der Waals surface area (Å²) in [5, 5.41) is 2.19. The van der Waals surface area contributed by atoms with Crippen LogP contribution in [0.5, 0.6) is 0 Å². The lowest BCUT2D eigenvalue weighted by molar-refractivity contribution is 1.36. The molecular weight excluding hydrogens is 285 g/mol. The van der Waals surface area contributed by atoms with Crippen molar-refractivity contribution in [2.24, 2.45) is 0 Å². The Morgan fingerprint density at radius 3 is 2.71 bits per heavy atom. The van der Waals surface area contributed by atoms with Crippen LogP contribution in [0.3, 0.4) is 0 Å². The number of hydrogen-bond acceptors (Lipinski definition) is 1. The Morgan fingerprint density at radius 2 is 2.00 bits per heavy atom. The standard InChI is InChI=1S/C10H6BrCl2N/c1-5-4-8(13)14-10-6(5)2-3-7(12)9(10)11/h2-4H,1H3. The second-order valence-electron chi connectivity index (χ2n) is 3.02. The first kappa shape index (κ1) is 10.2. The molecule has 0 N–H and O–H groups in total. The van der Waals surface area contributed by atoms with Gasteiger partial charge in [0.25, 0.3) is 0 Å². The lowest BCUT2D eigenvalue weighted by atomic mass is 10.1. The molecule has 4 heteroatoms. The number of rotatable bonds is 0. The maximum atomic E-state index is 5.96. The van der Waals surface area contributed by atoms with E-state index in [1.807, 2.05) is 25.1 Å². The van der Waals surface area contributed by atoms with Gasteiger partial charge in [-0.3, -0.25) is 0 Å². The average Bonchev–Trinajstić information content (AvgIpc) is 2.12. The zero-order chi connectivity index (χ0) is 10.3. The van der Waals surface area contributed by atoms with Gasteiger partial charge in [0.05, 0.1) is 15.0 Å². The molecule has 0 fully saturated rings. The summed E-state index contributed by atoms with van der Waals surface area (Å²) >= 11 is 15.2. The smallest absolute Gasteiger partial charge is 0.130 e. The second-order valence-corrected chi connectivity index (χ2v) is 4.61. The minimum absolute atomic E-state index is 0.484. The third-order valence-electron chi connectivity index (χ3n) is 2.05. The Labute approximate surface area is 100 Å². The second kappa shape index (κ2) is 3.69. The van der Waals surface area contributed by atoms with Crippen molar-refractivity contribution in [3.63, 3.8) is 0 Å². The van der Waals surface area contributed by atoms with Crippen LogP contribution in [0.25, 0.3) is 10.9 Å². The summed E-state index contributed by atoms with van der Waals surface area (Å²) in [6.07, 6.45) is 0. The first-order valence-corrected chi connectivity index (χ1v) is 5.55. The summed E-state index contributed by atoms with van der Waals surface area (Å²) in [5.41, 5.74) is 1.90. The summed E-state index contributed by atoms with van der Waals surface area (Å²) in [6, 6.07) is 5.63. The number of pyridine rings is 1. The average molecular weight is 291 g/mol. The topological polar surface area (TPSA) is 12.9 Å². The molecule has 0 unspecified atom stereocenters. The minimum atomic E-state index is 0.484. The Bertz CT molecular complexity index is 511. The van der Waals surface area contributed by atoms with Crippen LogP contribution in [0.4, 0.5) is 0 Å². The number of aryl methyl sites for hydroxylation is 1. The number of nitrogens with zero attached hydrogens (tertiary/aromatic N) is 1. The maximum absolute atomic E-state index is 5.96. The van der Waals surface area contributed by atoms with Gasteiger partial charge >= 0.3 is 0 Å². The zero-order valence-electron chi connectivity index (χ0n) is 7.31. The van der Waals surface area contributed by atoms with Gasteiger partial charge in [0, 0.05) is 5.39 Å². The molecule has 14 heavy (non-hydrogen) atoms. The van der Waals surface area contributed by atoms with Gasteiger partial charge in [-0.2, -0.15) is 0 Å². The van der Waals surface area contributed by atoms with Crippen molar-refractivity contribution in [3.8, 4) is 0 Å². The van der Waals surface area contributed by atoms with Crippen molar-refractivity contribution in [3.05, 3.63) is 38.4 Å². The SMILES string of the molecule is Cc1cc(Cl)nc2c(Br)c(Cl)ccc12. The maximum Gasteiger partial charge on any atom is 0.130 e. The number of benzene rings is 1. The molecule has 0 saturated heterocycles. The molecule has 2 aromatic rings. The molecule has 0 bridgehead atoms. The molecule has 72 valence electrons. The van der Waals surface area contributed by atoms with Crippen molar-refractivity contribution < 1.29 is 0 Å². The Balaban J connectivity index is 2.95. The molecule has 0 amide bonds. The molecule has 0 aliphatic rings. The fraction of sp³-hybridized carbons (Fsp3) is 0.100. The van der Waals surface area contributed by atoms with E-state index in [4.69, 9.17) is 23.2 Å². The lowest BCUT2D eigenvalue weighted by Crippen LogP contribution is -1.86. The highest BCUT2D eigenvalue weighted by Gasteiger charge is 2.07. The molecule has 1 heterocycles. The number of fused-ring (bicyclic) bond motifs is 1. The molecule has 0 atom stereocenters. The van der Waals surface area contributed by atoms with E-state index in [1.165, 1.54) is 0 Å². The van der Waals surface area contributed by atoms with Gasteiger partial charge in [-0.25, -0.2) is 4.98 Å². The van der Waals surface area contributed by atoms with Crippen LogP contribution >= 0.6 is 39.1 Å². The van der Waals surface area contributed by atoms with Crippen LogP contribution < -0.4 is 0 Å². The molecule has 1 nitrogen and oxygen atoms in total. The van der Waals surface area contributed by atoms with Gasteiger partial charge in [0.1, 0.15) is 5.15 Å². The summed E-state index contributed by atoms with van der Waals surface area (Å²) in [6.45, 7) is 2.00. The van der Waals surface area contributed by atoms with Gasteiger partial charge in [-0.05, 0) is 40.5 Å². The summed E-state index contributed by atoms with van der Waals surface area (Å²) < 4.78 is 0.794. The van der Waals surface area contributed by atoms with Crippen LogP contribution in [0, 0.1) is 6.92 Å². The van der Waals surface area contributed by atoms with Crippen LogP contribution in [-0.2, 0) is 0 Å². The van der Waals surface area contributed by atoms with Crippen molar-refractivity contribution >= 4 is 50.0 Å². The van der Waals surface area contributed by atoms with Gasteiger partial charge in [-0.15, -0.1) is 0 Å². The number of aromatic nitrogens is 1. The Kier molecular flexibility index (Phi) is 2.69. The molecule has 0 aliphatic carbocycles. The van der Waals surface area contributed by atoms with E-state index in [9.17, 15) is 0 Å². The largest absolute Gasteiger partial charge is 0.235 e. The van der Waals surface area contributed by atoms with E-state index in [2.05, 4.69) is 20.9 Å². The van der Waals surface area contributed by atoms with Gasteiger partial charge in [0.2, 0.25) is 0 Å². The first-order chi connectivity index (χ1) is 6.59. The third kappa shape index (κ3) is 1.62. The van der Waals surface area contributed by atoms with E-state index in [1.54, 1.807) is 0 Å². The normalized spacial score (nSPS) is 10.9. The highest BCUT2D eigenvalue weighted by atomic mass is 79.9. The van der Waals surface area contributed by atoms with Crippen molar-refractivity contribution in [1.29, 1.82) is 0 Å². The van der Waals surface area contributed by atoms with Crippen molar-refractivity contribution in [2.45, 2.75) is 6.92 Å². The van der Waals surface area contributed by atoms with E-state index in [0.717, 1.165) is 20.9 Å². The molecule has 1 aromatic heterocycles. The van der Waals surface area contributed by atoms with E-state index < -0.39 is 0 Å². The number of halogens is 3. The molecule has 0 aliphatic heterocycles. The van der Waals surface area contributed by atoms with Gasteiger partial charge in [-0.1, -0.05) is 29.3 Å². The Morgan fingerprint density at radius 1 is 1.29 bits per heavy atom. The van der Waals surface area contributed by atoms with Crippen molar-refractivity contribution in [1.82, 2.24) is 4.98 Å². The quantitative estimate of drug-likeness (QED) is 0.646. The molecule has 1 aromatic carbocycles. The molecule has 0 saturated carbocycles. The summed E-state index contributed by atoms with van der Waals surface area (Å²) in [5.74, 6) is 0. The van der Waals surface area contributed by atoms with E-state index >= 15 is 0 Å². The highest BCUT2D eigenvalue weighted by Crippen LogP contribution is 2.32. The van der Waals surface area contributed by atoms with Crippen LogP contribution in [-0.4, -0.2) is 4.98 Å². The predicted octanol–water partition coefficient (Wildman–Crippen LogP) is 4.61. The molecule has 0 spiro atoms. The molecular formula is C10H6BrCl2N. The fourth-order valence-electron chi connectivity index (χ4n) is 1.36. The van der Waals surface area contributed by atoms with Gasteiger partial charge < -0.3 is 0 Å². The van der Waals surface area contributed by atoms with Gasteiger partial charge in [0.15, 0.2) is 0 Å². The minimum Gasteiger partial charge on any atom is -0.235 e. The number of hydrogen-bond donors (Lipinski definition) is 0. The predicted molar refractivity (Wildman–Crippen MR) is 64.2 cm³/mol. The van der Waals surface area contributed by atoms with Crippen LogP contribution in [0.1, 0.15) is 5.56 Å². The highest BCUT2D eigenvalue weighted by molar-refractivity contribution is 9.10. The summed E-state index contributed by atoms with van der Waals surface area (Å²) in [7, 11) is 0. The van der Waals surface area contributed by atoms with Crippen LogP contribution in [0.15, 0.2) is 22.7 Å². The Hall–Kier alpha value is -0.310. The van der Waals surface area contributed by atoms with Crippen molar-refractivity contribution in [2.75, 3.05) is 0 Å². The first-order valence-electron chi connectivity index (χ1n) is 4.00. The van der Waals surface area contributed by atoms with E-state index in [-0.39, 0.29) is 0 Å².